The van der Waals surface area contributed by atoms with E-state index >= 15 is 0 Å². The van der Waals surface area contributed by atoms with Crippen LogP contribution in [0, 0.1) is 5.92 Å². The van der Waals surface area contributed by atoms with Gasteiger partial charge in [0, 0.05) is 5.69 Å². The van der Waals surface area contributed by atoms with E-state index < -0.39 is 11.6 Å². The van der Waals surface area contributed by atoms with Crippen LogP contribution in [0.5, 0.6) is 0 Å². The Morgan fingerprint density at radius 3 is 2.74 bits per heavy atom. The van der Waals surface area contributed by atoms with Gasteiger partial charge in [-0.25, -0.2) is 4.79 Å². The molecule has 2 N–H and O–H groups in total. The van der Waals surface area contributed by atoms with Gasteiger partial charge in [0.1, 0.15) is 12.1 Å². The first kappa shape index (κ1) is 18.0. The predicted molar refractivity (Wildman–Crippen MR) is 102 cm³/mol. The molecule has 1 aromatic carbocycles. The molecule has 1 aromatic rings. The van der Waals surface area contributed by atoms with E-state index in [2.05, 4.69) is 23.6 Å². The number of carbonyl (C=O) groups is 3. The molecular weight excluding hydrogens is 342 g/mol. The Morgan fingerprint density at radius 1 is 1.22 bits per heavy atom. The molecule has 1 aliphatic heterocycles. The lowest BCUT2D eigenvalue weighted by atomic mass is 9.77. The number of hydrogen-bond acceptors (Lipinski definition) is 3. The van der Waals surface area contributed by atoms with Crippen molar-refractivity contribution in [3.63, 3.8) is 0 Å². The monoisotopic (exact) mass is 369 g/mol. The van der Waals surface area contributed by atoms with Gasteiger partial charge in [0.05, 0.1) is 0 Å². The summed E-state index contributed by atoms with van der Waals surface area (Å²) in [6.07, 6.45) is 7.43. The number of amides is 4. The van der Waals surface area contributed by atoms with Gasteiger partial charge in [0.25, 0.3) is 5.91 Å². The minimum absolute atomic E-state index is 0.231. The molecule has 3 aliphatic rings. The second kappa shape index (κ2) is 6.98. The van der Waals surface area contributed by atoms with E-state index in [1.165, 1.54) is 17.5 Å². The molecular formula is C21H27N3O3. The van der Waals surface area contributed by atoms with E-state index in [0.29, 0.717) is 18.8 Å². The van der Waals surface area contributed by atoms with Crippen molar-refractivity contribution in [1.29, 1.82) is 0 Å². The Kier molecular flexibility index (Phi) is 4.66. The van der Waals surface area contributed by atoms with Crippen LogP contribution in [-0.4, -0.2) is 34.8 Å². The first-order valence-corrected chi connectivity index (χ1v) is 10.0. The number of imide groups is 1. The molecule has 0 unspecified atom stereocenters. The van der Waals surface area contributed by atoms with E-state index in [1.807, 2.05) is 12.1 Å². The van der Waals surface area contributed by atoms with Crippen molar-refractivity contribution < 1.29 is 14.4 Å². The summed E-state index contributed by atoms with van der Waals surface area (Å²) in [5.41, 5.74) is 2.48. The van der Waals surface area contributed by atoms with Gasteiger partial charge in [-0.15, -0.1) is 0 Å². The van der Waals surface area contributed by atoms with E-state index in [9.17, 15) is 14.4 Å². The molecule has 0 atom stereocenters. The smallest absolute Gasteiger partial charge is 0.324 e. The summed E-state index contributed by atoms with van der Waals surface area (Å²) >= 11 is 0. The van der Waals surface area contributed by atoms with Crippen LogP contribution in [0.15, 0.2) is 18.2 Å². The van der Waals surface area contributed by atoms with Gasteiger partial charge in [-0.1, -0.05) is 19.1 Å². The second-order valence-electron chi connectivity index (χ2n) is 8.28. The molecule has 4 rings (SSSR count). The molecule has 1 saturated heterocycles. The van der Waals surface area contributed by atoms with Crippen molar-refractivity contribution in [1.82, 2.24) is 10.2 Å². The number of urea groups is 1. The lowest BCUT2D eigenvalue weighted by Crippen LogP contribution is -2.49. The van der Waals surface area contributed by atoms with Crippen LogP contribution < -0.4 is 10.6 Å². The minimum atomic E-state index is -0.796. The van der Waals surface area contributed by atoms with Crippen LogP contribution >= 0.6 is 0 Å². The van der Waals surface area contributed by atoms with Gasteiger partial charge in [-0.05, 0) is 74.5 Å². The predicted octanol–water partition coefficient (Wildman–Crippen LogP) is 3.00. The molecule has 6 nitrogen and oxygen atoms in total. The molecule has 2 aliphatic carbocycles. The minimum Gasteiger partial charge on any atom is -0.324 e. The van der Waals surface area contributed by atoms with Crippen molar-refractivity contribution in [3.8, 4) is 0 Å². The lowest BCUT2D eigenvalue weighted by molar-refractivity contribution is -0.135. The summed E-state index contributed by atoms with van der Waals surface area (Å²) in [6.45, 7) is 1.94. The van der Waals surface area contributed by atoms with E-state index in [-0.39, 0.29) is 18.4 Å². The van der Waals surface area contributed by atoms with Crippen molar-refractivity contribution in [2.75, 3.05) is 11.9 Å². The molecule has 1 spiro atoms. The summed E-state index contributed by atoms with van der Waals surface area (Å²) in [6, 6.07) is 5.51. The number of benzene rings is 1. The third-order valence-electron chi connectivity index (χ3n) is 6.35. The molecule has 144 valence electrons. The summed E-state index contributed by atoms with van der Waals surface area (Å²) in [5.74, 6) is 0.00488. The normalized spacial score (nSPS) is 27.4. The van der Waals surface area contributed by atoms with E-state index in [4.69, 9.17) is 0 Å². The van der Waals surface area contributed by atoms with Gasteiger partial charge in [-0.2, -0.15) is 0 Å². The van der Waals surface area contributed by atoms with Gasteiger partial charge >= 0.3 is 6.03 Å². The molecule has 0 aromatic heterocycles. The highest BCUT2D eigenvalue weighted by Crippen LogP contribution is 2.36. The Hall–Kier alpha value is -2.37. The largest absolute Gasteiger partial charge is 0.325 e. The summed E-state index contributed by atoms with van der Waals surface area (Å²) < 4.78 is 0. The molecule has 2 fully saturated rings. The fraction of sp³-hybridized carbons (Fsp3) is 0.571. The van der Waals surface area contributed by atoms with Crippen LogP contribution in [0.1, 0.15) is 56.6 Å². The number of fused-ring (bicyclic) bond motifs is 1. The van der Waals surface area contributed by atoms with Crippen molar-refractivity contribution in [2.45, 2.75) is 63.8 Å². The third kappa shape index (κ3) is 3.33. The maximum Gasteiger partial charge on any atom is 0.325 e. The van der Waals surface area contributed by atoms with Crippen LogP contribution in [0.2, 0.25) is 0 Å². The first-order chi connectivity index (χ1) is 13.0. The highest BCUT2D eigenvalue weighted by Gasteiger charge is 2.52. The van der Waals surface area contributed by atoms with Crippen LogP contribution in [0.25, 0.3) is 0 Å². The average Bonchev–Trinajstić information content (AvgIpc) is 2.89. The molecule has 1 heterocycles. The van der Waals surface area contributed by atoms with Crippen LogP contribution in [0.4, 0.5) is 10.5 Å². The topological polar surface area (TPSA) is 78.5 Å². The van der Waals surface area contributed by atoms with Gasteiger partial charge in [-0.3, -0.25) is 14.5 Å². The number of hydrogen-bond donors (Lipinski definition) is 2. The highest BCUT2D eigenvalue weighted by molar-refractivity contribution is 6.10. The SMILES string of the molecule is CC1CCC2(CC1)NC(=O)N(CC(=O)Nc1cccc3c1CCCC3)C2=O. The van der Waals surface area contributed by atoms with Crippen molar-refractivity contribution >= 4 is 23.5 Å². The zero-order valence-corrected chi connectivity index (χ0v) is 15.8. The Balaban J connectivity index is 1.44. The maximum atomic E-state index is 12.9. The van der Waals surface area contributed by atoms with Crippen molar-refractivity contribution in [3.05, 3.63) is 29.3 Å². The van der Waals surface area contributed by atoms with E-state index in [0.717, 1.165) is 42.7 Å². The number of carbonyl (C=O) groups excluding carboxylic acids is 3. The number of nitrogens with zero attached hydrogens (tertiary/aromatic N) is 1. The molecule has 1 saturated carbocycles. The molecule has 6 heteroatoms. The first-order valence-electron chi connectivity index (χ1n) is 10.0. The summed E-state index contributed by atoms with van der Waals surface area (Å²) in [4.78, 5) is 38.9. The maximum absolute atomic E-state index is 12.9. The van der Waals surface area contributed by atoms with Gasteiger partial charge < -0.3 is 10.6 Å². The Morgan fingerprint density at radius 2 is 1.96 bits per heavy atom. The Bertz CT molecular complexity index is 781. The number of aryl methyl sites for hydroxylation is 1. The number of anilines is 1. The quantitative estimate of drug-likeness (QED) is 0.804. The third-order valence-corrected chi connectivity index (χ3v) is 6.35. The van der Waals surface area contributed by atoms with Crippen molar-refractivity contribution in [2.24, 2.45) is 5.92 Å². The number of rotatable bonds is 3. The standard InChI is InChI=1S/C21H27N3O3/c1-14-9-11-21(12-10-14)19(26)24(20(27)23-21)13-18(25)22-17-8-4-6-15-5-2-3-7-16(15)17/h4,6,8,14H,2-3,5,7,9-13H2,1H3,(H,22,25)(H,23,27). The zero-order chi connectivity index (χ0) is 19.0. The summed E-state index contributed by atoms with van der Waals surface area (Å²) in [7, 11) is 0. The fourth-order valence-electron chi connectivity index (χ4n) is 4.65. The fourth-order valence-corrected chi connectivity index (χ4v) is 4.65. The summed E-state index contributed by atoms with van der Waals surface area (Å²) in [5, 5.41) is 5.79. The van der Waals surface area contributed by atoms with Gasteiger partial charge in [0.15, 0.2) is 0 Å². The Labute approximate surface area is 159 Å². The molecule has 0 bridgehead atoms. The molecule has 27 heavy (non-hydrogen) atoms. The highest BCUT2D eigenvalue weighted by atomic mass is 16.2. The van der Waals surface area contributed by atoms with Gasteiger partial charge in [0.2, 0.25) is 5.91 Å². The second-order valence-corrected chi connectivity index (χ2v) is 8.28. The average molecular weight is 369 g/mol. The van der Waals surface area contributed by atoms with E-state index in [1.54, 1.807) is 0 Å². The number of nitrogens with one attached hydrogen (secondary N) is 2. The molecule has 4 amide bonds. The lowest BCUT2D eigenvalue weighted by Gasteiger charge is -2.33. The zero-order valence-electron chi connectivity index (χ0n) is 15.8. The van der Waals surface area contributed by atoms with Crippen LogP contribution in [-0.2, 0) is 22.4 Å². The van der Waals surface area contributed by atoms with Crippen LogP contribution in [0.3, 0.4) is 0 Å². The molecule has 0 radical (unpaired) electrons.